The van der Waals surface area contributed by atoms with Gasteiger partial charge in [-0.3, -0.25) is 23.5 Å². The van der Waals surface area contributed by atoms with Gasteiger partial charge in [-0.25, -0.2) is 9.78 Å². The SMILES string of the molecule is Cn1c(=O)c2c(ncn2CCC(=O)N2CCC(C(N)=O)C2)n(C)c1=O. The Balaban J connectivity index is 1.79. The molecule has 3 heterocycles. The van der Waals surface area contributed by atoms with E-state index in [2.05, 4.69) is 4.98 Å². The summed E-state index contributed by atoms with van der Waals surface area (Å²) >= 11 is 0. The molecule has 1 unspecified atom stereocenters. The predicted molar refractivity (Wildman–Crippen MR) is 88.7 cm³/mol. The Labute approximate surface area is 142 Å². The average Bonchev–Trinajstić information content (AvgIpc) is 3.23. The van der Waals surface area contributed by atoms with Crippen molar-refractivity contribution in [2.45, 2.75) is 19.4 Å². The molecule has 134 valence electrons. The molecule has 2 amide bonds. The molecule has 0 aliphatic carbocycles. The number of likely N-dealkylation sites (tertiary alicyclic amines) is 1. The molecule has 0 saturated carbocycles. The van der Waals surface area contributed by atoms with Gasteiger partial charge in [0, 0.05) is 40.2 Å². The first-order valence-corrected chi connectivity index (χ1v) is 7.99. The number of fused-ring (bicyclic) bond motifs is 1. The molecule has 2 aromatic heterocycles. The van der Waals surface area contributed by atoms with Crippen molar-refractivity contribution in [3.05, 3.63) is 27.2 Å². The summed E-state index contributed by atoms with van der Waals surface area (Å²) in [6, 6.07) is 0. The molecule has 1 fully saturated rings. The molecule has 1 atom stereocenters. The number of amides is 2. The lowest BCUT2D eigenvalue weighted by Crippen LogP contribution is -2.37. The van der Waals surface area contributed by atoms with E-state index in [1.807, 2.05) is 0 Å². The highest BCUT2D eigenvalue weighted by atomic mass is 16.2. The van der Waals surface area contributed by atoms with Gasteiger partial charge in [0.05, 0.1) is 12.2 Å². The maximum atomic E-state index is 12.3. The summed E-state index contributed by atoms with van der Waals surface area (Å²) in [5.41, 5.74) is 4.95. The summed E-state index contributed by atoms with van der Waals surface area (Å²) < 4.78 is 3.89. The van der Waals surface area contributed by atoms with Gasteiger partial charge in [-0.1, -0.05) is 0 Å². The lowest BCUT2D eigenvalue weighted by molar-refractivity contribution is -0.130. The van der Waals surface area contributed by atoms with Crippen molar-refractivity contribution in [1.29, 1.82) is 0 Å². The first kappa shape index (κ1) is 16.9. The number of hydrogen-bond donors (Lipinski definition) is 1. The third-order valence-corrected chi connectivity index (χ3v) is 4.73. The van der Waals surface area contributed by atoms with Crippen LogP contribution in [0.15, 0.2) is 15.9 Å². The standard InChI is InChI=1S/C15H20N6O4/c1-18-13-11(14(24)19(2)15(18)25)21(8-17-13)6-4-10(22)20-5-3-9(7-20)12(16)23/h8-9H,3-7H2,1-2H3,(H2,16,23). The Morgan fingerprint density at radius 1 is 1.28 bits per heavy atom. The summed E-state index contributed by atoms with van der Waals surface area (Å²) in [5.74, 6) is -0.785. The minimum Gasteiger partial charge on any atom is -0.369 e. The lowest BCUT2D eigenvalue weighted by Gasteiger charge is -2.16. The van der Waals surface area contributed by atoms with Crippen LogP contribution in [0, 0.1) is 5.92 Å². The molecule has 3 rings (SSSR count). The Hall–Kier alpha value is -2.91. The van der Waals surface area contributed by atoms with E-state index in [4.69, 9.17) is 5.73 Å². The van der Waals surface area contributed by atoms with Crippen LogP contribution >= 0.6 is 0 Å². The number of carbonyl (C=O) groups is 2. The maximum absolute atomic E-state index is 12.3. The number of hydrogen-bond acceptors (Lipinski definition) is 5. The largest absolute Gasteiger partial charge is 0.369 e. The van der Waals surface area contributed by atoms with Crippen molar-refractivity contribution >= 4 is 23.0 Å². The highest BCUT2D eigenvalue weighted by Crippen LogP contribution is 2.17. The molecule has 1 saturated heterocycles. The van der Waals surface area contributed by atoms with Crippen molar-refractivity contribution in [3.63, 3.8) is 0 Å². The molecule has 0 aromatic carbocycles. The smallest absolute Gasteiger partial charge is 0.332 e. The van der Waals surface area contributed by atoms with Crippen molar-refractivity contribution in [1.82, 2.24) is 23.6 Å². The molecule has 1 aliphatic heterocycles. The summed E-state index contributed by atoms with van der Waals surface area (Å²) in [6.07, 6.45) is 2.20. The number of aromatic nitrogens is 4. The second-order valence-corrected chi connectivity index (χ2v) is 6.29. The van der Waals surface area contributed by atoms with Crippen molar-refractivity contribution < 1.29 is 9.59 Å². The third kappa shape index (κ3) is 2.83. The molecule has 0 radical (unpaired) electrons. The van der Waals surface area contributed by atoms with Gasteiger partial charge < -0.3 is 15.2 Å². The van der Waals surface area contributed by atoms with Crippen LogP contribution in [0.4, 0.5) is 0 Å². The van der Waals surface area contributed by atoms with Crippen molar-refractivity contribution in [2.24, 2.45) is 25.7 Å². The lowest BCUT2D eigenvalue weighted by atomic mass is 10.1. The molecule has 25 heavy (non-hydrogen) atoms. The van der Waals surface area contributed by atoms with Crippen LogP contribution in [-0.2, 0) is 30.2 Å². The normalized spacial score (nSPS) is 17.4. The zero-order valence-corrected chi connectivity index (χ0v) is 14.1. The van der Waals surface area contributed by atoms with E-state index in [0.717, 1.165) is 4.57 Å². The van der Waals surface area contributed by atoms with Gasteiger partial charge >= 0.3 is 5.69 Å². The number of carbonyl (C=O) groups excluding carboxylic acids is 2. The van der Waals surface area contributed by atoms with Crippen molar-refractivity contribution in [3.8, 4) is 0 Å². The average molecular weight is 348 g/mol. The number of nitrogens with zero attached hydrogens (tertiary/aromatic N) is 5. The van der Waals surface area contributed by atoms with E-state index in [1.54, 1.807) is 16.5 Å². The van der Waals surface area contributed by atoms with E-state index >= 15 is 0 Å². The van der Waals surface area contributed by atoms with Crippen LogP contribution in [0.25, 0.3) is 11.2 Å². The maximum Gasteiger partial charge on any atom is 0.332 e. The van der Waals surface area contributed by atoms with Crippen LogP contribution in [-0.4, -0.2) is 48.5 Å². The van der Waals surface area contributed by atoms with Gasteiger partial charge in [0.15, 0.2) is 11.2 Å². The van der Waals surface area contributed by atoms with Crippen LogP contribution in [0.1, 0.15) is 12.8 Å². The number of nitrogens with two attached hydrogens (primary N) is 1. The fourth-order valence-electron chi connectivity index (χ4n) is 3.16. The van der Waals surface area contributed by atoms with Crippen LogP contribution in [0.5, 0.6) is 0 Å². The van der Waals surface area contributed by atoms with E-state index < -0.39 is 11.2 Å². The molecular weight excluding hydrogens is 328 g/mol. The third-order valence-electron chi connectivity index (χ3n) is 4.73. The highest BCUT2D eigenvalue weighted by Gasteiger charge is 2.29. The Kier molecular flexibility index (Phi) is 4.19. The number of primary amides is 1. The zero-order chi connectivity index (χ0) is 18.3. The Bertz CT molecular complexity index is 969. The summed E-state index contributed by atoms with van der Waals surface area (Å²) in [6.45, 7) is 1.11. The minimum absolute atomic E-state index is 0.104. The fraction of sp³-hybridized carbons (Fsp3) is 0.533. The minimum atomic E-state index is -0.451. The molecule has 10 nitrogen and oxygen atoms in total. The van der Waals surface area contributed by atoms with E-state index in [-0.39, 0.29) is 41.9 Å². The Morgan fingerprint density at radius 3 is 2.64 bits per heavy atom. The monoisotopic (exact) mass is 348 g/mol. The quantitative estimate of drug-likeness (QED) is 0.695. The molecule has 10 heteroatoms. The predicted octanol–water partition coefficient (Wildman–Crippen LogP) is -1.84. The molecule has 0 bridgehead atoms. The first-order chi connectivity index (χ1) is 11.8. The highest BCUT2D eigenvalue weighted by molar-refractivity contribution is 5.81. The summed E-state index contributed by atoms with van der Waals surface area (Å²) in [7, 11) is 2.95. The topological polar surface area (TPSA) is 125 Å². The fourth-order valence-corrected chi connectivity index (χ4v) is 3.16. The van der Waals surface area contributed by atoms with Gasteiger partial charge in [-0.05, 0) is 6.42 Å². The van der Waals surface area contributed by atoms with E-state index in [9.17, 15) is 19.2 Å². The van der Waals surface area contributed by atoms with Gasteiger partial charge in [0.25, 0.3) is 5.56 Å². The van der Waals surface area contributed by atoms with Crippen molar-refractivity contribution in [2.75, 3.05) is 13.1 Å². The van der Waals surface area contributed by atoms with Crippen LogP contribution < -0.4 is 17.0 Å². The van der Waals surface area contributed by atoms with Gasteiger partial charge in [0.1, 0.15) is 0 Å². The second kappa shape index (κ2) is 6.19. The summed E-state index contributed by atoms with van der Waals surface area (Å²) in [5, 5.41) is 0. The molecule has 0 spiro atoms. The number of rotatable bonds is 4. The van der Waals surface area contributed by atoms with Crippen LogP contribution in [0.2, 0.25) is 0 Å². The second-order valence-electron chi connectivity index (χ2n) is 6.29. The zero-order valence-electron chi connectivity index (χ0n) is 14.1. The van der Waals surface area contributed by atoms with Gasteiger partial charge in [-0.15, -0.1) is 0 Å². The van der Waals surface area contributed by atoms with Gasteiger partial charge in [-0.2, -0.15) is 0 Å². The van der Waals surface area contributed by atoms with E-state index in [0.29, 0.717) is 19.5 Å². The number of imidazole rings is 1. The Morgan fingerprint density at radius 2 is 2.00 bits per heavy atom. The molecule has 1 aliphatic rings. The number of aryl methyl sites for hydroxylation is 2. The molecular formula is C15H20N6O4. The van der Waals surface area contributed by atoms with E-state index in [1.165, 1.54) is 17.9 Å². The van der Waals surface area contributed by atoms with Crippen LogP contribution in [0.3, 0.4) is 0 Å². The molecule has 2 aromatic rings. The first-order valence-electron chi connectivity index (χ1n) is 7.99. The van der Waals surface area contributed by atoms with Gasteiger partial charge in [0.2, 0.25) is 11.8 Å². The molecule has 2 N–H and O–H groups in total. The summed E-state index contributed by atoms with van der Waals surface area (Å²) in [4.78, 5) is 53.5.